The Kier molecular flexibility index (Phi) is 9.00. The van der Waals surface area contributed by atoms with Crippen LogP contribution in [0.3, 0.4) is 0 Å². The molecule has 1 aromatic heterocycles. The second-order valence-corrected chi connectivity index (χ2v) is 11.5. The lowest BCUT2D eigenvalue weighted by Gasteiger charge is -2.26. The van der Waals surface area contributed by atoms with Crippen LogP contribution in [0.1, 0.15) is 48.8 Å². The summed E-state index contributed by atoms with van der Waals surface area (Å²) in [6, 6.07) is 19.9. The Hall–Kier alpha value is -5.19. The minimum atomic E-state index is -0.240. The van der Waals surface area contributed by atoms with Gasteiger partial charge in [-0.3, -0.25) is 19.3 Å². The molecule has 1 saturated heterocycles. The van der Waals surface area contributed by atoms with E-state index >= 15 is 0 Å². The van der Waals surface area contributed by atoms with Crippen molar-refractivity contribution in [2.24, 2.45) is 0 Å². The zero-order chi connectivity index (χ0) is 32.2. The van der Waals surface area contributed by atoms with Crippen molar-refractivity contribution in [3.63, 3.8) is 0 Å². The summed E-state index contributed by atoms with van der Waals surface area (Å²) in [4.78, 5) is 44.4. The number of hydrogen-bond acceptors (Lipinski definition) is 6. The molecule has 1 fully saturated rings. The third-order valence-electron chi connectivity index (χ3n) is 8.19. The second-order valence-electron chi connectivity index (χ2n) is 11.5. The van der Waals surface area contributed by atoms with Gasteiger partial charge in [0.15, 0.2) is 0 Å². The number of hydrogen-bond donors (Lipinski definition) is 4. The highest BCUT2D eigenvalue weighted by molar-refractivity contribution is 6.35. The Labute approximate surface area is 267 Å². The van der Waals surface area contributed by atoms with Crippen LogP contribution < -0.4 is 20.7 Å². The summed E-state index contributed by atoms with van der Waals surface area (Å²) in [6.07, 6.45) is 1.79. The van der Waals surface area contributed by atoms with E-state index in [4.69, 9.17) is 9.47 Å². The van der Waals surface area contributed by atoms with Crippen molar-refractivity contribution in [1.82, 2.24) is 15.2 Å². The molecule has 0 aliphatic carbocycles. The lowest BCUT2D eigenvalue weighted by atomic mass is 10.0. The van der Waals surface area contributed by atoms with E-state index in [0.717, 1.165) is 55.2 Å². The van der Waals surface area contributed by atoms with E-state index < -0.39 is 0 Å². The first-order chi connectivity index (χ1) is 22.2. The topological polar surface area (TPSA) is 125 Å². The molecule has 2 aliphatic rings. The van der Waals surface area contributed by atoms with Crippen LogP contribution in [-0.4, -0.2) is 67.0 Å². The molecule has 6 rings (SSSR count). The van der Waals surface area contributed by atoms with E-state index in [1.807, 2.05) is 45.0 Å². The molecule has 0 saturated carbocycles. The van der Waals surface area contributed by atoms with Crippen LogP contribution in [0.4, 0.5) is 11.4 Å². The van der Waals surface area contributed by atoms with E-state index in [2.05, 4.69) is 25.8 Å². The number of anilines is 2. The number of nitrogens with zero attached hydrogens (tertiary/aromatic N) is 1. The number of rotatable bonds is 9. The summed E-state index contributed by atoms with van der Waals surface area (Å²) in [5.41, 5.74) is 6.86. The molecule has 0 atom stereocenters. The summed E-state index contributed by atoms with van der Waals surface area (Å²) in [6.45, 7) is 10.2. The third kappa shape index (κ3) is 6.88. The van der Waals surface area contributed by atoms with Crippen LogP contribution in [-0.2, 0) is 9.53 Å². The van der Waals surface area contributed by atoms with Gasteiger partial charge in [-0.2, -0.15) is 0 Å². The Bertz CT molecular complexity index is 1840. The van der Waals surface area contributed by atoms with Crippen LogP contribution in [0, 0.1) is 20.8 Å². The number of aryl methyl sites for hydroxylation is 2. The molecule has 3 heterocycles. The van der Waals surface area contributed by atoms with Gasteiger partial charge in [0.2, 0.25) is 0 Å². The third-order valence-corrected chi connectivity index (χ3v) is 8.19. The minimum Gasteiger partial charge on any atom is -0.457 e. The van der Waals surface area contributed by atoms with Crippen molar-refractivity contribution in [3.8, 4) is 11.5 Å². The molecule has 0 spiro atoms. The van der Waals surface area contributed by atoms with E-state index in [-0.39, 0.29) is 17.7 Å². The molecule has 4 N–H and O–H groups in total. The van der Waals surface area contributed by atoms with Crippen molar-refractivity contribution < 1.29 is 23.9 Å². The number of benzene rings is 3. The van der Waals surface area contributed by atoms with E-state index in [9.17, 15) is 14.4 Å². The van der Waals surface area contributed by atoms with Gasteiger partial charge in [0.25, 0.3) is 17.7 Å². The predicted molar refractivity (Wildman–Crippen MR) is 178 cm³/mol. The fourth-order valence-corrected chi connectivity index (χ4v) is 5.79. The van der Waals surface area contributed by atoms with Crippen LogP contribution in [0.2, 0.25) is 0 Å². The number of ether oxygens (including phenoxy) is 2. The van der Waals surface area contributed by atoms with Gasteiger partial charge in [-0.05, 0) is 68.8 Å². The number of aromatic nitrogens is 1. The zero-order valence-corrected chi connectivity index (χ0v) is 26.2. The number of nitrogens with one attached hydrogen (secondary N) is 4. The molecule has 0 unspecified atom stereocenters. The summed E-state index contributed by atoms with van der Waals surface area (Å²) in [7, 11) is 0. The smallest absolute Gasteiger partial charge is 0.256 e. The Balaban J connectivity index is 1.13. The Morgan fingerprint density at radius 1 is 0.957 bits per heavy atom. The first-order valence-electron chi connectivity index (χ1n) is 15.4. The first kappa shape index (κ1) is 30.8. The number of H-pyrrole nitrogens is 1. The summed E-state index contributed by atoms with van der Waals surface area (Å²) in [5.74, 6) is 0.488. The number of carbonyl (C=O) groups is 3. The van der Waals surface area contributed by atoms with Crippen molar-refractivity contribution in [2.75, 3.05) is 50.0 Å². The van der Waals surface area contributed by atoms with Crippen molar-refractivity contribution in [2.45, 2.75) is 20.8 Å². The second kappa shape index (κ2) is 13.4. The monoisotopic (exact) mass is 619 g/mol. The molecule has 46 heavy (non-hydrogen) atoms. The molecular weight excluding hydrogens is 582 g/mol. The molecule has 10 heteroatoms. The van der Waals surface area contributed by atoms with Gasteiger partial charge in [0.1, 0.15) is 11.5 Å². The molecule has 2 aliphatic heterocycles. The lowest BCUT2D eigenvalue weighted by Crippen LogP contribution is -2.41. The average Bonchev–Trinajstić information content (AvgIpc) is 3.50. The number of amides is 3. The van der Waals surface area contributed by atoms with E-state index in [1.54, 1.807) is 48.5 Å². The van der Waals surface area contributed by atoms with Crippen molar-refractivity contribution in [1.29, 1.82) is 0 Å². The van der Waals surface area contributed by atoms with E-state index in [0.29, 0.717) is 51.8 Å². The highest BCUT2D eigenvalue weighted by atomic mass is 16.5. The average molecular weight is 620 g/mol. The van der Waals surface area contributed by atoms with Crippen LogP contribution >= 0.6 is 0 Å². The molecule has 3 aromatic carbocycles. The number of aromatic amines is 1. The van der Waals surface area contributed by atoms with Crippen LogP contribution in [0.15, 0.2) is 66.7 Å². The maximum absolute atomic E-state index is 13.1. The number of morpholine rings is 1. The maximum atomic E-state index is 13.1. The molecule has 236 valence electrons. The quantitative estimate of drug-likeness (QED) is 0.183. The normalized spacial score (nSPS) is 15.4. The largest absolute Gasteiger partial charge is 0.457 e. The lowest BCUT2D eigenvalue weighted by molar-refractivity contribution is -0.110. The van der Waals surface area contributed by atoms with Gasteiger partial charge < -0.3 is 30.4 Å². The number of carbonyl (C=O) groups excluding carboxylic acids is 3. The van der Waals surface area contributed by atoms with Crippen molar-refractivity contribution >= 4 is 40.7 Å². The van der Waals surface area contributed by atoms with Gasteiger partial charge in [-0.1, -0.05) is 23.8 Å². The van der Waals surface area contributed by atoms with Gasteiger partial charge in [-0.25, -0.2) is 0 Å². The van der Waals surface area contributed by atoms with Crippen LogP contribution in [0.5, 0.6) is 11.5 Å². The molecule has 0 radical (unpaired) electrons. The summed E-state index contributed by atoms with van der Waals surface area (Å²) in [5, 5.41) is 8.87. The Morgan fingerprint density at radius 3 is 2.54 bits per heavy atom. The Morgan fingerprint density at radius 2 is 1.74 bits per heavy atom. The van der Waals surface area contributed by atoms with E-state index in [1.165, 1.54) is 0 Å². The summed E-state index contributed by atoms with van der Waals surface area (Å²) >= 11 is 0. The predicted octanol–water partition coefficient (Wildman–Crippen LogP) is 5.54. The van der Waals surface area contributed by atoms with Gasteiger partial charge in [0.05, 0.1) is 30.0 Å². The van der Waals surface area contributed by atoms with Gasteiger partial charge in [-0.15, -0.1) is 0 Å². The minimum absolute atomic E-state index is 0.138. The molecule has 0 bridgehead atoms. The maximum Gasteiger partial charge on any atom is 0.256 e. The molecule has 10 nitrogen and oxygen atoms in total. The van der Waals surface area contributed by atoms with Crippen LogP contribution in [0.25, 0.3) is 11.6 Å². The summed E-state index contributed by atoms with van der Waals surface area (Å²) < 4.78 is 11.5. The first-order valence-corrected chi connectivity index (χ1v) is 15.4. The molecular formula is C36H37N5O5. The standard InChI is InChI=1S/C36H37N5O5/c1-22-6-4-7-25(18-22)34(42)39-26-8-5-9-27(19-26)46-28-10-11-29-30(35(43)40-32(29)20-28)21-31-23(2)33(24(3)38-31)36(44)37-12-13-41-14-16-45-17-15-41/h4-11,18-21,38H,12-17H2,1-3H3,(H,37,44)(H,39,42)(H,40,43). The molecule has 3 amide bonds. The molecule has 4 aromatic rings. The fourth-order valence-electron chi connectivity index (χ4n) is 5.79. The number of fused-ring (bicyclic) bond motifs is 1. The van der Waals surface area contributed by atoms with Gasteiger partial charge in [0, 0.05) is 66.5 Å². The highest BCUT2D eigenvalue weighted by Gasteiger charge is 2.26. The SMILES string of the molecule is Cc1cccc(C(=O)Nc2cccc(Oc3ccc4c(c3)NC(=O)C4=Cc3[nH]c(C)c(C(=O)NCCN4CCOCC4)c3C)c2)c1. The zero-order valence-electron chi connectivity index (χ0n) is 26.2. The fraction of sp³-hybridized carbons (Fsp3) is 0.250. The highest BCUT2D eigenvalue weighted by Crippen LogP contribution is 2.37. The van der Waals surface area contributed by atoms with Crippen molar-refractivity contribution in [3.05, 3.63) is 106 Å². The van der Waals surface area contributed by atoms with Gasteiger partial charge >= 0.3 is 0 Å².